The fourth-order valence-corrected chi connectivity index (χ4v) is 3.62. The maximum atomic E-state index is 12.7. The number of fused-ring (bicyclic) bond motifs is 1. The summed E-state index contributed by atoms with van der Waals surface area (Å²) in [6.07, 6.45) is 4.92. The third kappa shape index (κ3) is 4.45. The van der Waals surface area contributed by atoms with Gasteiger partial charge in [-0.25, -0.2) is 0 Å². The number of nitrogens with zero attached hydrogens (tertiary/aromatic N) is 1. The largest absolute Gasteiger partial charge is 0.355 e. The SMILES string of the molecule is CC[C@@H](CNC(=O)C[C@@H]1c2ccccc2C=CN1C(C)=O)c1ccccc1. The van der Waals surface area contributed by atoms with Crippen LogP contribution in [0.25, 0.3) is 6.08 Å². The fourth-order valence-electron chi connectivity index (χ4n) is 3.62. The fraction of sp³-hybridized carbons (Fsp3) is 0.304. The van der Waals surface area contributed by atoms with Crippen LogP contribution in [0.3, 0.4) is 0 Å². The van der Waals surface area contributed by atoms with E-state index in [1.165, 1.54) is 12.5 Å². The number of carbonyl (C=O) groups is 2. The van der Waals surface area contributed by atoms with E-state index in [0.717, 1.165) is 17.5 Å². The summed E-state index contributed by atoms with van der Waals surface area (Å²) in [5, 5.41) is 3.07. The Morgan fingerprint density at radius 2 is 1.78 bits per heavy atom. The van der Waals surface area contributed by atoms with Gasteiger partial charge in [0.15, 0.2) is 0 Å². The Labute approximate surface area is 160 Å². The summed E-state index contributed by atoms with van der Waals surface area (Å²) < 4.78 is 0. The topological polar surface area (TPSA) is 49.4 Å². The first kappa shape index (κ1) is 18.9. The van der Waals surface area contributed by atoms with Crippen molar-refractivity contribution in [2.24, 2.45) is 0 Å². The van der Waals surface area contributed by atoms with Gasteiger partial charge in [-0.15, -0.1) is 0 Å². The van der Waals surface area contributed by atoms with Crippen LogP contribution in [0.5, 0.6) is 0 Å². The molecule has 0 radical (unpaired) electrons. The first-order chi connectivity index (χ1) is 13.1. The smallest absolute Gasteiger partial charge is 0.223 e. The summed E-state index contributed by atoms with van der Waals surface area (Å²) in [6, 6.07) is 17.9. The molecule has 0 fully saturated rings. The second-order valence-electron chi connectivity index (χ2n) is 6.91. The van der Waals surface area contributed by atoms with E-state index in [4.69, 9.17) is 0 Å². The summed E-state index contributed by atoms with van der Waals surface area (Å²) in [5.74, 6) is 0.192. The molecule has 1 N–H and O–H groups in total. The molecule has 2 atom stereocenters. The number of nitrogens with one attached hydrogen (secondary N) is 1. The number of carbonyl (C=O) groups excluding carboxylic acids is 2. The Hall–Kier alpha value is -2.88. The van der Waals surface area contributed by atoms with Gasteiger partial charge in [-0.1, -0.05) is 61.5 Å². The Morgan fingerprint density at radius 3 is 2.48 bits per heavy atom. The van der Waals surface area contributed by atoms with Gasteiger partial charge in [0.2, 0.25) is 11.8 Å². The standard InChI is InChI=1S/C23H26N2O2/c1-3-18(19-9-5-4-6-10-19)16-24-23(27)15-22-21-12-8-7-11-20(21)13-14-25(22)17(2)26/h4-14,18,22H,3,15-16H2,1-2H3,(H,24,27)/t18-,22+/m0/s1. The highest BCUT2D eigenvalue weighted by molar-refractivity contribution is 5.81. The molecule has 140 valence electrons. The predicted molar refractivity (Wildman–Crippen MR) is 108 cm³/mol. The Bertz CT molecular complexity index is 829. The van der Waals surface area contributed by atoms with E-state index < -0.39 is 0 Å². The minimum atomic E-state index is -0.263. The van der Waals surface area contributed by atoms with Crippen molar-refractivity contribution in [3.63, 3.8) is 0 Å². The lowest BCUT2D eigenvalue weighted by Gasteiger charge is -2.32. The van der Waals surface area contributed by atoms with Crippen molar-refractivity contribution >= 4 is 17.9 Å². The van der Waals surface area contributed by atoms with Crippen molar-refractivity contribution in [2.45, 2.75) is 38.6 Å². The molecule has 0 bridgehead atoms. The molecule has 2 amide bonds. The van der Waals surface area contributed by atoms with E-state index in [2.05, 4.69) is 24.4 Å². The molecule has 1 heterocycles. The van der Waals surface area contributed by atoms with E-state index in [9.17, 15) is 9.59 Å². The molecule has 1 aliphatic heterocycles. The first-order valence-electron chi connectivity index (χ1n) is 9.47. The van der Waals surface area contributed by atoms with Crippen LogP contribution in [0.4, 0.5) is 0 Å². The maximum Gasteiger partial charge on any atom is 0.223 e. The predicted octanol–water partition coefficient (Wildman–Crippen LogP) is 4.26. The van der Waals surface area contributed by atoms with E-state index in [0.29, 0.717) is 6.54 Å². The minimum absolute atomic E-state index is 0.0364. The molecule has 0 saturated carbocycles. The molecule has 0 unspecified atom stereocenters. The average molecular weight is 362 g/mol. The molecule has 1 aliphatic rings. The van der Waals surface area contributed by atoms with Crippen LogP contribution in [-0.2, 0) is 9.59 Å². The van der Waals surface area contributed by atoms with Crippen LogP contribution in [0.2, 0.25) is 0 Å². The molecule has 3 rings (SSSR count). The number of rotatable bonds is 6. The van der Waals surface area contributed by atoms with Gasteiger partial charge in [-0.2, -0.15) is 0 Å². The van der Waals surface area contributed by atoms with Crippen molar-refractivity contribution in [1.82, 2.24) is 10.2 Å². The normalized spacial score (nSPS) is 16.5. The third-order valence-corrected chi connectivity index (χ3v) is 5.16. The summed E-state index contributed by atoms with van der Waals surface area (Å²) in [7, 11) is 0. The highest BCUT2D eigenvalue weighted by Crippen LogP contribution is 2.32. The van der Waals surface area contributed by atoms with Crippen molar-refractivity contribution in [3.8, 4) is 0 Å². The molecule has 2 aromatic rings. The zero-order valence-corrected chi connectivity index (χ0v) is 15.9. The quantitative estimate of drug-likeness (QED) is 0.835. The molecule has 4 heteroatoms. The van der Waals surface area contributed by atoms with Crippen LogP contribution < -0.4 is 5.32 Å². The monoisotopic (exact) mass is 362 g/mol. The maximum absolute atomic E-state index is 12.7. The van der Waals surface area contributed by atoms with Crippen molar-refractivity contribution in [2.75, 3.05) is 6.54 Å². The zero-order valence-electron chi connectivity index (χ0n) is 15.9. The number of amides is 2. The van der Waals surface area contributed by atoms with Gasteiger partial charge in [0.05, 0.1) is 12.5 Å². The summed E-state index contributed by atoms with van der Waals surface area (Å²) in [6.45, 7) is 4.26. The van der Waals surface area contributed by atoms with Crippen LogP contribution in [0.15, 0.2) is 60.8 Å². The highest BCUT2D eigenvalue weighted by Gasteiger charge is 2.28. The van der Waals surface area contributed by atoms with Crippen LogP contribution in [-0.4, -0.2) is 23.3 Å². The zero-order chi connectivity index (χ0) is 19.2. The number of benzene rings is 2. The van der Waals surface area contributed by atoms with E-state index in [1.54, 1.807) is 11.1 Å². The van der Waals surface area contributed by atoms with Gasteiger partial charge in [-0.3, -0.25) is 9.59 Å². The lowest BCUT2D eigenvalue weighted by atomic mass is 9.93. The van der Waals surface area contributed by atoms with Gasteiger partial charge in [0.1, 0.15) is 0 Å². The van der Waals surface area contributed by atoms with E-state index >= 15 is 0 Å². The Morgan fingerprint density at radius 1 is 1.07 bits per heavy atom. The molecule has 0 saturated heterocycles. The molecular formula is C23H26N2O2. The number of hydrogen-bond acceptors (Lipinski definition) is 2. The van der Waals surface area contributed by atoms with Gasteiger partial charge < -0.3 is 10.2 Å². The second-order valence-corrected chi connectivity index (χ2v) is 6.91. The highest BCUT2D eigenvalue weighted by atomic mass is 16.2. The van der Waals surface area contributed by atoms with Gasteiger partial charge >= 0.3 is 0 Å². The van der Waals surface area contributed by atoms with E-state index in [1.807, 2.05) is 48.5 Å². The summed E-state index contributed by atoms with van der Waals surface area (Å²) in [5.41, 5.74) is 3.31. The lowest BCUT2D eigenvalue weighted by molar-refractivity contribution is -0.129. The second kappa shape index (κ2) is 8.67. The van der Waals surface area contributed by atoms with Crippen LogP contribution >= 0.6 is 0 Å². The third-order valence-electron chi connectivity index (χ3n) is 5.16. The molecule has 0 spiro atoms. The molecule has 0 aromatic heterocycles. The van der Waals surface area contributed by atoms with Crippen LogP contribution in [0.1, 0.15) is 55.3 Å². The van der Waals surface area contributed by atoms with Gasteiger partial charge in [-0.05, 0) is 29.2 Å². The van der Waals surface area contributed by atoms with Gasteiger partial charge in [0, 0.05) is 25.6 Å². The average Bonchev–Trinajstić information content (AvgIpc) is 2.69. The molecule has 4 nitrogen and oxygen atoms in total. The van der Waals surface area contributed by atoms with Crippen LogP contribution in [0, 0.1) is 0 Å². The van der Waals surface area contributed by atoms with Gasteiger partial charge in [0.25, 0.3) is 0 Å². The number of hydrogen-bond donors (Lipinski definition) is 1. The van der Waals surface area contributed by atoms with Crippen molar-refractivity contribution in [3.05, 3.63) is 77.5 Å². The van der Waals surface area contributed by atoms with Crippen molar-refractivity contribution in [1.29, 1.82) is 0 Å². The van der Waals surface area contributed by atoms with E-state index in [-0.39, 0.29) is 30.2 Å². The molecule has 0 aliphatic carbocycles. The van der Waals surface area contributed by atoms with Crippen molar-refractivity contribution < 1.29 is 9.59 Å². The lowest BCUT2D eigenvalue weighted by Crippen LogP contribution is -2.36. The Balaban J connectivity index is 1.68. The summed E-state index contributed by atoms with van der Waals surface area (Å²) in [4.78, 5) is 26.4. The molecular weight excluding hydrogens is 336 g/mol. The molecule has 2 aromatic carbocycles. The first-order valence-corrected chi connectivity index (χ1v) is 9.47. The minimum Gasteiger partial charge on any atom is -0.355 e. The summed E-state index contributed by atoms with van der Waals surface area (Å²) >= 11 is 0. The Kier molecular flexibility index (Phi) is 6.07. The molecule has 27 heavy (non-hydrogen) atoms.